The lowest BCUT2D eigenvalue weighted by atomic mass is 10.2. The van der Waals surface area contributed by atoms with Gasteiger partial charge >= 0.3 is 5.97 Å². The van der Waals surface area contributed by atoms with E-state index in [0.717, 1.165) is 19.3 Å². The molecule has 144 valence electrons. The number of carbonyl (C=O) groups excluding carboxylic acids is 2. The summed E-state index contributed by atoms with van der Waals surface area (Å²) in [6, 6.07) is 5.85. The Morgan fingerprint density at radius 3 is 2.62 bits per heavy atom. The molecule has 0 bridgehead atoms. The van der Waals surface area contributed by atoms with E-state index in [0.29, 0.717) is 13.0 Å². The maximum absolute atomic E-state index is 13.5. The second-order valence-electron chi connectivity index (χ2n) is 5.45. The van der Waals surface area contributed by atoms with Crippen LogP contribution in [-0.2, 0) is 14.3 Å². The predicted octanol–water partition coefficient (Wildman–Crippen LogP) is 1.82. The van der Waals surface area contributed by atoms with Crippen molar-refractivity contribution in [2.24, 2.45) is 0 Å². The van der Waals surface area contributed by atoms with E-state index in [9.17, 15) is 14.0 Å². The van der Waals surface area contributed by atoms with Crippen LogP contribution in [0.3, 0.4) is 0 Å². The molecule has 0 aliphatic heterocycles. The maximum Gasteiger partial charge on any atom is 0.305 e. The van der Waals surface area contributed by atoms with Gasteiger partial charge in [-0.3, -0.25) is 20.4 Å². The average Bonchev–Trinajstić information content (AvgIpc) is 2.63. The van der Waals surface area contributed by atoms with E-state index < -0.39 is 17.8 Å². The van der Waals surface area contributed by atoms with Crippen molar-refractivity contribution < 1.29 is 23.5 Å². The third-order valence-electron chi connectivity index (χ3n) is 3.38. The molecule has 0 spiro atoms. The summed E-state index contributed by atoms with van der Waals surface area (Å²) < 4.78 is 23.3. The molecule has 0 radical (unpaired) electrons. The van der Waals surface area contributed by atoms with Gasteiger partial charge in [0.05, 0.1) is 7.11 Å². The molecule has 0 aliphatic carbocycles. The third kappa shape index (κ3) is 8.61. The second kappa shape index (κ2) is 12.0. The second-order valence-corrected chi connectivity index (χ2v) is 5.86. The lowest BCUT2D eigenvalue weighted by Crippen LogP contribution is -2.50. The summed E-state index contributed by atoms with van der Waals surface area (Å²) in [6.07, 6.45) is 1.91. The number of para-hydroxylation sites is 1. The van der Waals surface area contributed by atoms with Crippen LogP contribution in [0.15, 0.2) is 24.3 Å². The van der Waals surface area contributed by atoms with Gasteiger partial charge in [-0.05, 0) is 44.1 Å². The Morgan fingerprint density at radius 1 is 1.19 bits per heavy atom. The summed E-state index contributed by atoms with van der Waals surface area (Å²) in [6.45, 7) is 2.10. The summed E-state index contributed by atoms with van der Waals surface area (Å²) in [5.74, 6) is -1.24. The van der Waals surface area contributed by atoms with Gasteiger partial charge < -0.3 is 14.8 Å². The van der Waals surface area contributed by atoms with Crippen LogP contribution >= 0.6 is 12.2 Å². The zero-order valence-corrected chi connectivity index (χ0v) is 15.7. The number of hydrazine groups is 1. The normalized spacial score (nSPS) is 11.2. The monoisotopic (exact) mass is 385 g/mol. The first-order valence-corrected chi connectivity index (χ1v) is 8.66. The molecule has 0 aromatic heterocycles. The van der Waals surface area contributed by atoms with Crippen molar-refractivity contribution in [3.05, 3.63) is 30.1 Å². The first kappa shape index (κ1) is 21.6. The van der Waals surface area contributed by atoms with Crippen LogP contribution in [0.5, 0.6) is 5.75 Å². The zero-order valence-electron chi connectivity index (χ0n) is 14.8. The number of methoxy groups -OCH3 is 1. The highest BCUT2D eigenvalue weighted by Gasteiger charge is 2.16. The highest BCUT2D eigenvalue weighted by Crippen LogP contribution is 2.16. The largest absolute Gasteiger partial charge is 0.478 e. The highest BCUT2D eigenvalue weighted by atomic mass is 32.1. The fourth-order valence-corrected chi connectivity index (χ4v) is 2.08. The summed E-state index contributed by atoms with van der Waals surface area (Å²) in [7, 11) is 1.37. The SMILES string of the molecule is COC(=O)CCCCCNC(=S)NNC(=O)[C@@H](C)Oc1ccccc1F. The topological polar surface area (TPSA) is 88.7 Å². The molecular weight excluding hydrogens is 361 g/mol. The molecule has 0 heterocycles. The molecule has 0 fully saturated rings. The molecule has 1 atom stereocenters. The minimum atomic E-state index is -0.902. The van der Waals surface area contributed by atoms with Gasteiger partial charge in [-0.15, -0.1) is 0 Å². The van der Waals surface area contributed by atoms with Crippen molar-refractivity contribution in [1.82, 2.24) is 16.2 Å². The molecule has 1 amide bonds. The molecule has 0 saturated carbocycles. The van der Waals surface area contributed by atoms with E-state index in [1.54, 1.807) is 6.07 Å². The van der Waals surface area contributed by atoms with Crippen molar-refractivity contribution >= 4 is 29.2 Å². The van der Waals surface area contributed by atoms with Crippen LogP contribution in [0.25, 0.3) is 0 Å². The fourth-order valence-electron chi connectivity index (χ4n) is 1.92. The van der Waals surface area contributed by atoms with E-state index >= 15 is 0 Å². The quantitative estimate of drug-likeness (QED) is 0.259. The lowest BCUT2D eigenvalue weighted by molar-refractivity contribution is -0.140. The number of thiocarbonyl (C=S) groups is 1. The lowest BCUT2D eigenvalue weighted by Gasteiger charge is -2.16. The maximum atomic E-state index is 13.5. The Kier molecular flexibility index (Phi) is 9.99. The van der Waals surface area contributed by atoms with Gasteiger partial charge in [0, 0.05) is 13.0 Å². The summed E-state index contributed by atoms with van der Waals surface area (Å²) in [5.41, 5.74) is 4.95. The Bertz CT molecular complexity index is 615. The molecule has 9 heteroatoms. The molecule has 1 rings (SSSR count). The van der Waals surface area contributed by atoms with Crippen LogP contribution in [0, 0.1) is 5.82 Å². The van der Waals surface area contributed by atoms with Gasteiger partial charge in [0.25, 0.3) is 5.91 Å². The van der Waals surface area contributed by atoms with Crippen LogP contribution in [0.4, 0.5) is 4.39 Å². The summed E-state index contributed by atoms with van der Waals surface area (Å²) >= 11 is 5.04. The average molecular weight is 385 g/mol. The molecule has 0 unspecified atom stereocenters. The van der Waals surface area contributed by atoms with Crippen molar-refractivity contribution in [2.45, 2.75) is 38.7 Å². The summed E-state index contributed by atoms with van der Waals surface area (Å²) in [5, 5.41) is 3.18. The zero-order chi connectivity index (χ0) is 19.4. The molecular formula is C17H24FN3O4S. The minimum Gasteiger partial charge on any atom is -0.478 e. The van der Waals surface area contributed by atoms with E-state index in [1.165, 1.54) is 32.2 Å². The van der Waals surface area contributed by atoms with E-state index in [-0.39, 0.29) is 16.8 Å². The number of amides is 1. The number of ether oxygens (including phenoxy) is 2. The molecule has 1 aromatic rings. The number of esters is 1. The first-order chi connectivity index (χ1) is 12.4. The van der Waals surface area contributed by atoms with Gasteiger partial charge in [0.15, 0.2) is 22.8 Å². The third-order valence-corrected chi connectivity index (χ3v) is 3.63. The van der Waals surface area contributed by atoms with Crippen LogP contribution in [0.1, 0.15) is 32.6 Å². The Hall–Kier alpha value is -2.42. The van der Waals surface area contributed by atoms with Gasteiger partial charge in [0.2, 0.25) is 0 Å². The number of halogens is 1. The first-order valence-electron chi connectivity index (χ1n) is 8.25. The van der Waals surface area contributed by atoms with Gasteiger partial charge in [-0.25, -0.2) is 4.39 Å². The van der Waals surface area contributed by atoms with E-state index in [4.69, 9.17) is 17.0 Å². The van der Waals surface area contributed by atoms with Crippen molar-refractivity contribution in [2.75, 3.05) is 13.7 Å². The van der Waals surface area contributed by atoms with Gasteiger partial charge in [-0.1, -0.05) is 18.6 Å². The van der Waals surface area contributed by atoms with Crippen molar-refractivity contribution in [1.29, 1.82) is 0 Å². The minimum absolute atomic E-state index is 0.00260. The van der Waals surface area contributed by atoms with Gasteiger partial charge in [0.1, 0.15) is 0 Å². The standard InChI is InChI=1S/C17H24FN3O4S/c1-12(25-14-9-6-5-8-13(14)18)16(23)20-21-17(26)19-11-7-3-4-10-15(22)24-2/h5-6,8-9,12H,3-4,7,10-11H2,1-2H3,(H,20,23)(H2,19,21,26)/t12-/m1/s1. The Morgan fingerprint density at radius 2 is 1.92 bits per heavy atom. The fraction of sp³-hybridized carbons (Fsp3) is 0.471. The summed E-state index contributed by atoms with van der Waals surface area (Å²) in [4.78, 5) is 22.9. The molecule has 7 nitrogen and oxygen atoms in total. The number of carbonyl (C=O) groups is 2. The van der Waals surface area contributed by atoms with Gasteiger partial charge in [-0.2, -0.15) is 0 Å². The van der Waals surface area contributed by atoms with Crippen molar-refractivity contribution in [3.8, 4) is 5.75 Å². The Balaban J connectivity index is 2.16. The molecule has 0 saturated heterocycles. The van der Waals surface area contributed by atoms with Crippen LogP contribution in [0.2, 0.25) is 0 Å². The number of unbranched alkanes of at least 4 members (excludes halogenated alkanes) is 2. The molecule has 26 heavy (non-hydrogen) atoms. The number of nitrogens with one attached hydrogen (secondary N) is 3. The molecule has 3 N–H and O–H groups in total. The van der Waals surface area contributed by atoms with E-state index in [2.05, 4.69) is 20.9 Å². The number of rotatable bonds is 9. The number of benzene rings is 1. The predicted molar refractivity (Wildman–Crippen MR) is 98.9 cm³/mol. The van der Waals surface area contributed by atoms with Crippen LogP contribution in [-0.4, -0.2) is 36.7 Å². The van der Waals surface area contributed by atoms with Crippen molar-refractivity contribution in [3.63, 3.8) is 0 Å². The number of hydrogen-bond donors (Lipinski definition) is 3. The molecule has 1 aromatic carbocycles. The van der Waals surface area contributed by atoms with E-state index in [1.807, 2.05) is 0 Å². The smallest absolute Gasteiger partial charge is 0.305 e. The van der Waals surface area contributed by atoms with Crippen LogP contribution < -0.4 is 20.9 Å². The molecule has 0 aliphatic rings. The Labute approximate surface area is 157 Å². The number of hydrogen-bond acceptors (Lipinski definition) is 5. The highest BCUT2D eigenvalue weighted by molar-refractivity contribution is 7.80.